The second-order valence-corrected chi connectivity index (χ2v) is 6.41. The van der Waals surface area contributed by atoms with E-state index in [1.54, 1.807) is 18.2 Å². The number of fused-ring (bicyclic) bond motifs is 1. The van der Waals surface area contributed by atoms with E-state index >= 15 is 0 Å². The Bertz CT molecular complexity index is 1020. The van der Waals surface area contributed by atoms with Crippen molar-refractivity contribution in [3.63, 3.8) is 0 Å². The van der Waals surface area contributed by atoms with Gasteiger partial charge >= 0.3 is 0 Å². The summed E-state index contributed by atoms with van der Waals surface area (Å²) in [6, 6.07) is 14.0. The highest BCUT2D eigenvalue weighted by Gasteiger charge is 2.29. The van der Waals surface area contributed by atoms with Gasteiger partial charge in [-0.1, -0.05) is 0 Å². The van der Waals surface area contributed by atoms with Crippen LogP contribution in [0.25, 0.3) is 22.3 Å². The van der Waals surface area contributed by atoms with Gasteiger partial charge in [0.2, 0.25) is 5.91 Å². The fraction of sp³-hybridized carbons (Fsp3) is 0.238. The minimum atomic E-state index is -0.116. The summed E-state index contributed by atoms with van der Waals surface area (Å²) in [6.45, 7) is 2.52. The van der Waals surface area contributed by atoms with Crippen LogP contribution in [0.4, 0.5) is 5.69 Å². The van der Waals surface area contributed by atoms with Crippen molar-refractivity contribution >= 4 is 22.6 Å². The Morgan fingerprint density at radius 1 is 1.15 bits per heavy atom. The molecule has 0 atom stereocenters. The monoisotopic (exact) mass is 349 g/mol. The number of rotatable bonds is 5. The van der Waals surface area contributed by atoms with Gasteiger partial charge in [-0.3, -0.25) is 9.59 Å². The Balaban J connectivity index is 1.69. The summed E-state index contributed by atoms with van der Waals surface area (Å²) in [7, 11) is 0. The summed E-state index contributed by atoms with van der Waals surface area (Å²) in [5.74, 6) is 1.39. The van der Waals surface area contributed by atoms with Gasteiger partial charge < -0.3 is 14.5 Å². The number of hydrogen-bond acceptors (Lipinski definition) is 4. The number of carbonyl (C=O) groups excluding carboxylic acids is 1. The van der Waals surface area contributed by atoms with Gasteiger partial charge in [0.1, 0.15) is 17.1 Å². The van der Waals surface area contributed by atoms with E-state index in [0.29, 0.717) is 29.0 Å². The van der Waals surface area contributed by atoms with Crippen LogP contribution in [0.3, 0.4) is 0 Å². The Kier molecular flexibility index (Phi) is 4.21. The van der Waals surface area contributed by atoms with Crippen molar-refractivity contribution in [3.8, 4) is 17.1 Å². The van der Waals surface area contributed by atoms with Crippen molar-refractivity contribution < 1.29 is 13.9 Å². The highest BCUT2D eigenvalue weighted by Crippen LogP contribution is 2.31. The maximum atomic E-state index is 12.4. The molecule has 0 spiro atoms. The molecular formula is C21H19NO4. The highest BCUT2D eigenvalue weighted by molar-refractivity contribution is 5.95. The maximum Gasteiger partial charge on any atom is 0.227 e. The van der Waals surface area contributed by atoms with Gasteiger partial charge in [-0.2, -0.15) is 0 Å². The van der Waals surface area contributed by atoms with Gasteiger partial charge in [0.05, 0.1) is 12.0 Å². The third-order valence-corrected chi connectivity index (χ3v) is 4.39. The number of benzene rings is 2. The van der Waals surface area contributed by atoms with Gasteiger partial charge in [0, 0.05) is 29.3 Å². The largest absolute Gasteiger partial charge is 0.494 e. The quantitative estimate of drug-likeness (QED) is 0.749. The first-order valence-corrected chi connectivity index (χ1v) is 8.76. The molecule has 4 rings (SSSR count). The molecule has 1 saturated carbocycles. The van der Waals surface area contributed by atoms with Crippen LogP contribution in [-0.2, 0) is 4.79 Å². The Morgan fingerprint density at radius 3 is 2.62 bits per heavy atom. The van der Waals surface area contributed by atoms with E-state index in [9.17, 15) is 9.59 Å². The van der Waals surface area contributed by atoms with Crippen LogP contribution in [0.2, 0.25) is 0 Å². The lowest BCUT2D eigenvalue weighted by Crippen LogP contribution is -2.13. The predicted octanol–water partition coefficient (Wildman–Crippen LogP) is 4.21. The number of hydrogen-bond donors (Lipinski definition) is 1. The molecule has 2 aromatic carbocycles. The molecule has 1 heterocycles. The van der Waals surface area contributed by atoms with E-state index in [1.165, 1.54) is 6.07 Å². The van der Waals surface area contributed by atoms with Crippen molar-refractivity contribution in [2.45, 2.75) is 19.8 Å². The first-order chi connectivity index (χ1) is 12.6. The van der Waals surface area contributed by atoms with Crippen molar-refractivity contribution in [2.24, 2.45) is 5.92 Å². The number of amides is 1. The van der Waals surface area contributed by atoms with Crippen LogP contribution in [0.15, 0.2) is 57.7 Å². The SMILES string of the molecule is CCOc1ccc(-c2cc(=O)c3ccc(NC(=O)C4CC4)cc3o2)cc1. The zero-order valence-electron chi connectivity index (χ0n) is 14.5. The van der Waals surface area contributed by atoms with Gasteiger partial charge in [0.25, 0.3) is 0 Å². The zero-order valence-corrected chi connectivity index (χ0v) is 14.5. The van der Waals surface area contributed by atoms with Crippen LogP contribution in [0, 0.1) is 5.92 Å². The standard InChI is InChI=1S/C21H19NO4/c1-2-25-16-8-5-13(6-9-16)19-12-18(23)17-10-7-15(11-20(17)26-19)22-21(24)14-3-4-14/h5-12,14H,2-4H2,1H3,(H,22,24). The smallest absolute Gasteiger partial charge is 0.227 e. The van der Waals surface area contributed by atoms with Crippen molar-refractivity contribution in [1.82, 2.24) is 0 Å². The first kappa shape index (κ1) is 16.4. The Morgan fingerprint density at radius 2 is 1.92 bits per heavy atom. The number of anilines is 1. The first-order valence-electron chi connectivity index (χ1n) is 8.76. The molecular weight excluding hydrogens is 330 g/mol. The molecule has 0 bridgehead atoms. The average molecular weight is 349 g/mol. The molecule has 0 saturated heterocycles. The summed E-state index contributed by atoms with van der Waals surface area (Å²) in [6.07, 6.45) is 1.88. The maximum absolute atomic E-state index is 12.4. The Labute approximate surface area is 150 Å². The summed E-state index contributed by atoms with van der Waals surface area (Å²) in [5.41, 5.74) is 1.77. The predicted molar refractivity (Wildman–Crippen MR) is 100 cm³/mol. The number of ether oxygens (including phenoxy) is 1. The van der Waals surface area contributed by atoms with Gasteiger partial charge in [-0.25, -0.2) is 0 Å². The molecule has 26 heavy (non-hydrogen) atoms. The fourth-order valence-corrected chi connectivity index (χ4v) is 2.85. The van der Waals surface area contributed by atoms with Gasteiger partial charge in [-0.05, 0) is 56.2 Å². The van der Waals surface area contributed by atoms with E-state index in [-0.39, 0.29) is 17.3 Å². The lowest BCUT2D eigenvalue weighted by molar-refractivity contribution is -0.117. The molecule has 0 radical (unpaired) electrons. The van der Waals surface area contributed by atoms with E-state index in [2.05, 4.69) is 5.32 Å². The normalized spacial score (nSPS) is 13.6. The third kappa shape index (κ3) is 3.33. The summed E-state index contributed by atoms with van der Waals surface area (Å²) in [4.78, 5) is 24.4. The number of carbonyl (C=O) groups is 1. The lowest BCUT2D eigenvalue weighted by Gasteiger charge is -2.08. The van der Waals surface area contributed by atoms with Crippen LogP contribution in [0.5, 0.6) is 5.75 Å². The lowest BCUT2D eigenvalue weighted by atomic mass is 10.1. The molecule has 132 valence electrons. The van der Waals surface area contributed by atoms with Crippen LogP contribution in [0.1, 0.15) is 19.8 Å². The minimum Gasteiger partial charge on any atom is -0.494 e. The van der Waals surface area contributed by atoms with Crippen LogP contribution in [-0.4, -0.2) is 12.5 Å². The fourth-order valence-electron chi connectivity index (χ4n) is 2.85. The average Bonchev–Trinajstić information content (AvgIpc) is 3.47. The van der Waals surface area contributed by atoms with Gasteiger partial charge in [0.15, 0.2) is 5.43 Å². The zero-order chi connectivity index (χ0) is 18.1. The van der Waals surface area contributed by atoms with Crippen molar-refractivity contribution in [1.29, 1.82) is 0 Å². The van der Waals surface area contributed by atoms with Crippen molar-refractivity contribution in [3.05, 3.63) is 58.8 Å². The van der Waals surface area contributed by atoms with E-state index in [4.69, 9.17) is 9.15 Å². The molecule has 0 unspecified atom stereocenters. The topological polar surface area (TPSA) is 68.5 Å². The summed E-state index contributed by atoms with van der Waals surface area (Å²) in [5, 5.41) is 3.37. The van der Waals surface area contributed by atoms with E-state index in [1.807, 2.05) is 31.2 Å². The van der Waals surface area contributed by atoms with Crippen molar-refractivity contribution in [2.75, 3.05) is 11.9 Å². The molecule has 3 aromatic rings. The van der Waals surface area contributed by atoms with E-state index < -0.39 is 0 Å². The molecule has 1 amide bonds. The van der Waals surface area contributed by atoms with E-state index in [0.717, 1.165) is 24.2 Å². The second kappa shape index (κ2) is 6.67. The molecule has 1 aliphatic carbocycles. The second-order valence-electron chi connectivity index (χ2n) is 6.41. The van der Waals surface area contributed by atoms with Gasteiger partial charge in [-0.15, -0.1) is 0 Å². The van der Waals surface area contributed by atoms with Crippen LogP contribution < -0.4 is 15.5 Å². The molecule has 1 N–H and O–H groups in total. The highest BCUT2D eigenvalue weighted by atomic mass is 16.5. The molecule has 5 nitrogen and oxygen atoms in total. The number of nitrogens with one attached hydrogen (secondary N) is 1. The Hall–Kier alpha value is -3.08. The molecule has 1 aliphatic rings. The molecule has 1 fully saturated rings. The molecule has 5 heteroatoms. The third-order valence-electron chi connectivity index (χ3n) is 4.39. The minimum absolute atomic E-state index is 0.0226. The molecule has 1 aromatic heterocycles. The summed E-state index contributed by atoms with van der Waals surface area (Å²) < 4.78 is 11.4. The molecule has 0 aliphatic heterocycles. The van der Waals surface area contributed by atoms with Crippen LogP contribution >= 0.6 is 0 Å². The summed E-state index contributed by atoms with van der Waals surface area (Å²) >= 11 is 0.